The molecule has 4 aromatic rings. The van der Waals surface area contributed by atoms with Gasteiger partial charge in [-0.2, -0.15) is 0 Å². The number of nitrogens with zero attached hydrogens (tertiary/aromatic N) is 2. The number of aromatic nitrogens is 2. The monoisotopic (exact) mass is 342 g/mol. The van der Waals surface area contributed by atoms with E-state index in [9.17, 15) is 0 Å². The zero-order valence-electron chi connectivity index (χ0n) is 16.0. The van der Waals surface area contributed by atoms with Gasteiger partial charge in [0.2, 0.25) is 0 Å². The molecule has 132 valence electrons. The highest BCUT2D eigenvalue weighted by atomic mass is 14.8. The first-order valence-corrected chi connectivity index (χ1v) is 9.29. The van der Waals surface area contributed by atoms with Crippen LogP contribution in [0.15, 0.2) is 84.9 Å². The van der Waals surface area contributed by atoms with Gasteiger partial charge in [-0.05, 0) is 12.1 Å². The first-order chi connectivity index (χ1) is 12.9. The summed E-state index contributed by atoms with van der Waals surface area (Å²) in [4.78, 5) is 9.72. The van der Waals surface area contributed by atoms with Gasteiger partial charge in [0, 0.05) is 11.1 Å². The Labute approximate surface area is 156 Å². The summed E-state index contributed by atoms with van der Waals surface area (Å²) >= 11 is 0. The predicted octanol–water partition coefficient (Wildman–Crippen LogP) is 7.02. The molecule has 0 aliphatic rings. The summed E-state index contributed by atoms with van der Waals surface area (Å²) in [5.74, 6) is 0. The molecule has 0 saturated heterocycles. The second-order valence-corrected chi connectivity index (χ2v) is 5.14. The highest BCUT2D eigenvalue weighted by molar-refractivity contribution is 5.86. The van der Waals surface area contributed by atoms with Gasteiger partial charge in [-0.3, -0.25) is 0 Å². The molecule has 0 unspecified atom stereocenters. The van der Waals surface area contributed by atoms with Crippen LogP contribution in [-0.4, -0.2) is 9.97 Å². The van der Waals surface area contributed by atoms with Crippen molar-refractivity contribution in [3.8, 4) is 22.5 Å². The third-order valence-electron chi connectivity index (χ3n) is 3.66. The first-order valence-electron chi connectivity index (χ1n) is 9.29. The van der Waals surface area contributed by atoms with Gasteiger partial charge < -0.3 is 0 Å². The van der Waals surface area contributed by atoms with Gasteiger partial charge in [-0.25, -0.2) is 9.97 Å². The van der Waals surface area contributed by atoms with Crippen LogP contribution < -0.4 is 0 Å². The summed E-state index contributed by atoms with van der Waals surface area (Å²) in [6, 6.07) is 28.4. The van der Waals surface area contributed by atoms with Crippen LogP contribution in [0.2, 0.25) is 0 Å². The summed E-state index contributed by atoms with van der Waals surface area (Å²) < 4.78 is 0. The Morgan fingerprint density at radius 2 is 0.731 bits per heavy atom. The van der Waals surface area contributed by atoms with Crippen LogP contribution in [0.5, 0.6) is 0 Å². The van der Waals surface area contributed by atoms with Crippen LogP contribution >= 0.6 is 0 Å². The molecule has 0 atom stereocenters. The molecule has 4 rings (SSSR count). The minimum Gasteiger partial charge on any atom is -0.244 e. The number of hydrogen-bond acceptors (Lipinski definition) is 2. The van der Waals surface area contributed by atoms with E-state index >= 15 is 0 Å². The van der Waals surface area contributed by atoms with E-state index < -0.39 is 0 Å². The van der Waals surface area contributed by atoms with Crippen LogP contribution in [0.3, 0.4) is 0 Å². The minimum absolute atomic E-state index is 0.918. The lowest BCUT2D eigenvalue weighted by molar-refractivity contribution is 1.29. The minimum atomic E-state index is 0.918. The van der Waals surface area contributed by atoms with E-state index in [1.807, 2.05) is 88.4 Å². The van der Waals surface area contributed by atoms with Crippen molar-refractivity contribution in [2.24, 2.45) is 0 Å². The van der Waals surface area contributed by atoms with E-state index in [4.69, 9.17) is 9.97 Å². The molecule has 2 nitrogen and oxygen atoms in total. The topological polar surface area (TPSA) is 25.8 Å². The molecule has 0 fully saturated rings. The van der Waals surface area contributed by atoms with Gasteiger partial charge >= 0.3 is 0 Å². The predicted molar refractivity (Wildman–Crippen MR) is 113 cm³/mol. The van der Waals surface area contributed by atoms with Crippen LogP contribution in [-0.2, 0) is 0 Å². The van der Waals surface area contributed by atoms with Gasteiger partial charge in [0.05, 0.1) is 22.4 Å². The smallest absolute Gasteiger partial charge is 0.0973 e. The largest absolute Gasteiger partial charge is 0.244 e. The third kappa shape index (κ3) is 4.34. The molecule has 0 bridgehead atoms. The van der Waals surface area contributed by atoms with Crippen LogP contribution in [0.25, 0.3) is 33.5 Å². The Morgan fingerprint density at radius 3 is 1.08 bits per heavy atom. The van der Waals surface area contributed by atoms with Crippen molar-refractivity contribution in [2.45, 2.75) is 27.7 Å². The zero-order valence-corrected chi connectivity index (χ0v) is 16.0. The lowest BCUT2D eigenvalue weighted by Gasteiger charge is -2.10. The standard InChI is InChI=1S/C20H14N2.2C2H6/c1-3-9-15(10-4-1)19-20(16-11-5-2-6-12-16)22-18-14-8-7-13-17(18)21-19;2*1-2/h1-14H;2*1-2H3. The van der Waals surface area contributed by atoms with Gasteiger partial charge in [0.1, 0.15) is 0 Å². The van der Waals surface area contributed by atoms with E-state index in [0.717, 1.165) is 33.5 Å². The average Bonchev–Trinajstić information content (AvgIpc) is 2.77. The Bertz CT molecular complexity index is 838. The van der Waals surface area contributed by atoms with Crippen LogP contribution in [0, 0.1) is 0 Å². The number of para-hydroxylation sites is 2. The highest BCUT2D eigenvalue weighted by Gasteiger charge is 2.12. The zero-order chi connectivity index (χ0) is 18.8. The second-order valence-electron chi connectivity index (χ2n) is 5.14. The van der Waals surface area contributed by atoms with Crippen molar-refractivity contribution in [3.05, 3.63) is 84.9 Å². The fourth-order valence-electron chi connectivity index (χ4n) is 2.59. The van der Waals surface area contributed by atoms with Crippen LogP contribution in [0.4, 0.5) is 0 Å². The Hall–Kier alpha value is -3.00. The summed E-state index contributed by atoms with van der Waals surface area (Å²) in [6.07, 6.45) is 0. The van der Waals surface area contributed by atoms with Crippen molar-refractivity contribution in [1.29, 1.82) is 0 Å². The maximum Gasteiger partial charge on any atom is 0.0973 e. The van der Waals surface area contributed by atoms with E-state index in [2.05, 4.69) is 24.3 Å². The number of hydrogen-bond donors (Lipinski definition) is 0. The van der Waals surface area contributed by atoms with E-state index in [1.165, 1.54) is 0 Å². The van der Waals surface area contributed by atoms with Gasteiger partial charge in [-0.15, -0.1) is 0 Å². The van der Waals surface area contributed by atoms with E-state index in [0.29, 0.717) is 0 Å². The third-order valence-corrected chi connectivity index (χ3v) is 3.66. The fourth-order valence-corrected chi connectivity index (χ4v) is 2.59. The fraction of sp³-hybridized carbons (Fsp3) is 0.167. The van der Waals surface area contributed by atoms with Gasteiger partial charge in [0.15, 0.2) is 0 Å². The SMILES string of the molecule is CC.CC.c1ccc(-c2nc3ccccc3nc2-c2ccccc2)cc1. The Morgan fingerprint density at radius 1 is 0.423 bits per heavy atom. The molecule has 0 spiro atoms. The number of benzene rings is 3. The van der Waals surface area contributed by atoms with Crippen LogP contribution in [0.1, 0.15) is 27.7 Å². The van der Waals surface area contributed by atoms with Crippen molar-refractivity contribution < 1.29 is 0 Å². The number of fused-ring (bicyclic) bond motifs is 1. The molecule has 2 heteroatoms. The maximum absolute atomic E-state index is 4.86. The number of rotatable bonds is 2. The summed E-state index contributed by atoms with van der Waals surface area (Å²) in [6.45, 7) is 8.00. The first kappa shape index (κ1) is 19.3. The average molecular weight is 342 g/mol. The normalized spacial score (nSPS) is 9.54. The molecule has 0 radical (unpaired) electrons. The van der Waals surface area contributed by atoms with E-state index in [-0.39, 0.29) is 0 Å². The van der Waals surface area contributed by atoms with Crippen molar-refractivity contribution >= 4 is 11.0 Å². The molecule has 26 heavy (non-hydrogen) atoms. The lowest BCUT2D eigenvalue weighted by Crippen LogP contribution is -1.95. The molecule has 0 N–H and O–H groups in total. The molecule has 0 aliphatic heterocycles. The molecule has 0 aliphatic carbocycles. The maximum atomic E-state index is 4.86. The molecule has 1 aromatic heterocycles. The molecular formula is C24H26N2. The molecule has 1 heterocycles. The van der Waals surface area contributed by atoms with Crippen molar-refractivity contribution in [3.63, 3.8) is 0 Å². The summed E-state index contributed by atoms with van der Waals surface area (Å²) in [7, 11) is 0. The molecule has 3 aromatic carbocycles. The molecular weight excluding hydrogens is 316 g/mol. The second kappa shape index (κ2) is 10.1. The summed E-state index contributed by atoms with van der Waals surface area (Å²) in [5.41, 5.74) is 5.84. The molecule has 0 saturated carbocycles. The van der Waals surface area contributed by atoms with Crippen molar-refractivity contribution in [1.82, 2.24) is 9.97 Å². The van der Waals surface area contributed by atoms with Gasteiger partial charge in [-0.1, -0.05) is 100 Å². The lowest BCUT2D eigenvalue weighted by atomic mass is 10.0. The molecule has 0 amide bonds. The summed E-state index contributed by atoms with van der Waals surface area (Å²) in [5, 5.41) is 0. The van der Waals surface area contributed by atoms with Gasteiger partial charge in [0.25, 0.3) is 0 Å². The van der Waals surface area contributed by atoms with Crippen molar-refractivity contribution in [2.75, 3.05) is 0 Å². The van der Waals surface area contributed by atoms with E-state index in [1.54, 1.807) is 0 Å². The Balaban J connectivity index is 0.000000570. The quantitative estimate of drug-likeness (QED) is 0.391. The highest BCUT2D eigenvalue weighted by Crippen LogP contribution is 2.30. The Kier molecular flexibility index (Phi) is 7.50.